The third-order valence-electron chi connectivity index (χ3n) is 3.17. The van der Waals surface area contributed by atoms with E-state index in [9.17, 15) is 4.21 Å². The zero-order valence-corrected chi connectivity index (χ0v) is 13.0. The van der Waals surface area contributed by atoms with Crippen molar-refractivity contribution in [3.05, 3.63) is 29.8 Å². The van der Waals surface area contributed by atoms with Gasteiger partial charge in [0.2, 0.25) is 0 Å². The van der Waals surface area contributed by atoms with Crippen LogP contribution in [-0.4, -0.2) is 35.4 Å². The predicted molar refractivity (Wildman–Crippen MR) is 82.3 cm³/mol. The maximum atomic E-state index is 11.3. The topological polar surface area (TPSA) is 38.3 Å². The zero-order chi connectivity index (χ0) is 14.1. The Hall–Kier alpha value is -0.870. The summed E-state index contributed by atoms with van der Waals surface area (Å²) in [5, 5.41) is 3.42. The molecule has 2 atom stereocenters. The number of hydrogen-bond acceptors (Lipinski definition) is 3. The number of methoxy groups -OCH3 is 1. The Morgan fingerprint density at radius 2 is 2.00 bits per heavy atom. The largest absolute Gasteiger partial charge is 0.497 e. The van der Waals surface area contributed by atoms with Crippen LogP contribution in [0.1, 0.15) is 25.8 Å². The van der Waals surface area contributed by atoms with Crippen molar-refractivity contribution in [2.75, 3.05) is 25.2 Å². The van der Waals surface area contributed by atoms with Crippen LogP contribution in [0.2, 0.25) is 0 Å². The molecule has 0 fully saturated rings. The molecule has 19 heavy (non-hydrogen) atoms. The Morgan fingerprint density at radius 1 is 1.32 bits per heavy atom. The number of nitrogens with one attached hydrogen (secondary N) is 1. The maximum Gasteiger partial charge on any atom is 0.118 e. The van der Waals surface area contributed by atoms with E-state index in [1.54, 1.807) is 7.11 Å². The van der Waals surface area contributed by atoms with Gasteiger partial charge in [0.1, 0.15) is 5.75 Å². The molecule has 1 aromatic rings. The second-order valence-corrected chi connectivity index (χ2v) is 6.54. The molecule has 0 aromatic heterocycles. The van der Waals surface area contributed by atoms with Gasteiger partial charge in [0, 0.05) is 34.9 Å². The van der Waals surface area contributed by atoms with E-state index in [-0.39, 0.29) is 0 Å². The standard InChI is InChI=1S/C15H25NO2S/c1-4-19(17)12-11-16-13(2)5-6-14-7-9-15(18-3)10-8-14/h7-10,13,16H,4-6,11-12H2,1-3H3. The first-order valence-corrected chi connectivity index (χ1v) is 8.35. The number of ether oxygens (including phenoxy) is 1. The molecule has 0 aliphatic heterocycles. The minimum absolute atomic E-state index is 0.455. The summed E-state index contributed by atoms with van der Waals surface area (Å²) in [6, 6.07) is 8.67. The van der Waals surface area contributed by atoms with Crippen LogP contribution in [0.4, 0.5) is 0 Å². The number of aryl methyl sites for hydroxylation is 1. The van der Waals surface area contributed by atoms with Gasteiger partial charge >= 0.3 is 0 Å². The van der Waals surface area contributed by atoms with E-state index >= 15 is 0 Å². The highest BCUT2D eigenvalue weighted by molar-refractivity contribution is 7.84. The predicted octanol–water partition coefficient (Wildman–Crippen LogP) is 2.37. The Balaban J connectivity index is 2.21. The SMILES string of the molecule is CCS(=O)CCNC(C)CCc1ccc(OC)cc1. The van der Waals surface area contributed by atoms with Gasteiger partial charge in [-0.2, -0.15) is 0 Å². The first-order valence-electron chi connectivity index (χ1n) is 6.87. The molecular weight excluding hydrogens is 258 g/mol. The molecule has 1 rings (SSSR count). The first kappa shape index (κ1) is 16.2. The van der Waals surface area contributed by atoms with Crippen molar-refractivity contribution in [2.24, 2.45) is 0 Å². The van der Waals surface area contributed by atoms with Crippen LogP contribution in [0, 0.1) is 0 Å². The van der Waals surface area contributed by atoms with Crippen LogP contribution >= 0.6 is 0 Å². The quantitative estimate of drug-likeness (QED) is 0.756. The molecule has 108 valence electrons. The Morgan fingerprint density at radius 3 is 2.58 bits per heavy atom. The third kappa shape index (κ3) is 6.73. The molecule has 2 unspecified atom stereocenters. The molecule has 0 amide bonds. The van der Waals surface area contributed by atoms with Gasteiger partial charge in [0.05, 0.1) is 7.11 Å². The highest BCUT2D eigenvalue weighted by Crippen LogP contribution is 2.13. The van der Waals surface area contributed by atoms with Crippen molar-refractivity contribution in [3.63, 3.8) is 0 Å². The molecule has 0 bridgehead atoms. The lowest BCUT2D eigenvalue weighted by Gasteiger charge is -2.13. The fourth-order valence-electron chi connectivity index (χ4n) is 1.84. The molecule has 1 N–H and O–H groups in total. The molecule has 0 saturated carbocycles. The van der Waals surface area contributed by atoms with Crippen molar-refractivity contribution in [1.29, 1.82) is 0 Å². The van der Waals surface area contributed by atoms with Crippen LogP contribution in [0.25, 0.3) is 0 Å². The summed E-state index contributed by atoms with van der Waals surface area (Å²) in [6.45, 7) is 4.98. The van der Waals surface area contributed by atoms with Gasteiger partial charge < -0.3 is 10.1 Å². The summed E-state index contributed by atoms with van der Waals surface area (Å²) >= 11 is 0. The minimum Gasteiger partial charge on any atom is -0.497 e. The van der Waals surface area contributed by atoms with Gasteiger partial charge in [0.15, 0.2) is 0 Å². The lowest BCUT2D eigenvalue weighted by Crippen LogP contribution is -2.30. The summed E-state index contributed by atoms with van der Waals surface area (Å²) in [5.41, 5.74) is 1.33. The van der Waals surface area contributed by atoms with E-state index in [0.717, 1.165) is 36.6 Å². The van der Waals surface area contributed by atoms with Gasteiger partial charge in [-0.15, -0.1) is 0 Å². The van der Waals surface area contributed by atoms with E-state index in [1.165, 1.54) is 5.56 Å². The van der Waals surface area contributed by atoms with Crippen molar-refractivity contribution < 1.29 is 8.95 Å². The van der Waals surface area contributed by atoms with Crippen molar-refractivity contribution in [1.82, 2.24) is 5.32 Å². The first-order chi connectivity index (χ1) is 9.15. The molecular formula is C15H25NO2S. The average molecular weight is 283 g/mol. The normalized spacial score (nSPS) is 14.1. The smallest absolute Gasteiger partial charge is 0.118 e. The van der Waals surface area contributed by atoms with E-state index in [1.807, 2.05) is 19.1 Å². The minimum atomic E-state index is -0.663. The Labute approximate surface area is 119 Å². The van der Waals surface area contributed by atoms with Crippen LogP contribution in [-0.2, 0) is 17.2 Å². The Kier molecular flexibility index (Phi) is 7.75. The summed E-state index contributed by atoms with van der Waals surface area (Å²) in [6.07, 6.45) is 2.14. The van der Waals surface area contributed by atoms with Gasteiger partial charge in [-0.1, -0.05) is 19.1 Å². The van der Waals surface area contributed by atoms with Crippen molar-refractivity contribution in [2.45, 2.75) is 32.7 Å². The van der Waals surface area contributed by atoms with Gasteiger partial charge in [-0.05, 0) is 37.5 Å². The number of hydrogen-bond donors (Lipinski definition) is 1. The molecule has 0 radical (unpaired) electrons. The Bertz CT molecular complexity index is 378. The van der Waals surface area contributed by atoms with Crippen LogP contribution in [0.5, 0.6) is 5.75 Å². The van der Waals surface area contributed by atoms with Crippen molar-refractivity contribution in [3.8, 4) is 5.75 Å². The second kappa shape index (κ2) is 9.10. The maximum absolute atomic E-state index is 11.3. The molecule has 3 nitrogen and oxygen atoms in total. The molecule has 0 heterocycles. The summed E-state index contributed by atoms with van der Waals surface area (Å²) in [4.78, 5) is 0. The van der Waals surface area contributed by atoms with E-state index in [2.05, 4.69) is 24.4 Å². The van der Waals surface area contributed by atoms with E-state index in [0.29, 0.717) is 6.04 Å². The van der Waals surface area contributed by atoms with Crippen LogP contribution < -0.4 is 10.1 Å². The second-order valence-electron chi connectivity index (χ2n) is 4.67. The van der Waals surface area contributed by atoms with E-state index in [4.69, 9.17) is 4.74 Å². The highest BCUT2D eigenvalue weighted by atomic mass is 32.2. The van der Waals surface area contributed by atoms with Crippen LogP contribution in [0.15, 0.2) is 24.3 Å². The van der Waals surface area contributed by atoms with E-state index < -0.39 is 10.8 Å². The lowest BCUT2D eigenvalue weighted by molar-refractivity contribution is 0.414. The lowest BCUT2D eigenvalue weighted by atomic mass is 10.1. The molecule has 0 saturated heterocycles. The fraction of sp³-hybridized carbons (Fsp3) is 0.600. The molecule has 1 aromatic carbocycles. The van der Waals surface area contributed by atoms with Gasteiger partial charge in [0.25, 0.3) is 0 Å². The van der Waals surface area contributed by atoms with Gasteiger partial charge in [-0.3, -0.25) is 4.21 Å². The number of benzene rings is 1. The summed E-state index contributed by atoms with van der Waals surface area (Å²) < 4.78 is 16.4. The summed E-state index contributed by atoms with van der Waals surface area (Å²) in [5.74, 6) is 2.41. The molecule has 0 aliphatic carbocycles. The molecule has 4 heteroatoms. The average Bonchev–Trinajstić information content (AvgIpc) is 2.45. The monoisotopic (exact) mass is 283 g/mol. The number of rotatable bonds is 9. The van der Waals surface area contributed by atoms with Crippen molar-refractivity contribution >= 4 is 10.8 Å². The highest BCUT2D eigenvalue weighted by Gasteiger charge is 2.03. The zero-order valence-electron chi connectivity index (χ0n) is 12.1. The van der Waals surface area contributed by atoms with Gasteiger partial charge in [-0.25, -0.2) is 0 Å². The van der Waals surface area contributed by atoms with Crippen LogP contribution in [0.3, 0.4) is 0 Å². The molecule has 0 aliphatic rings. The third-order valence-corrected chi connectivity index (χ3v) is 4.47. The fourth-order valence-corrected chi connectivity index (χ4v) is 2.48. The molecule has 0 spiro atoms. The summed E-state index contributed by atoms with van der Waals surface area (Å²) in [7, 11) is 1.02.